The lowest BCUT2D eigenvalue weighted by Gasteiger charge is -2.27. The van der Waals surface area contributed by atoms with Crippen LogP contribution in [-0.4, -0.2) is 24.0 Å². The molecule has 1 aromatic rings. The smallest absolute Gasteiger partial charge is 0.317 e. The summed E-state index contributed by atoms with van der Waals surface area (Å²) in [5.74, 6) is 0.705. The van der Waals surface area contributed by atoms with Gasteiger partial charge < -0.3 is 10.2 Å². The summed E-state index contributed by atoms with van der Waals surface area (Å²) in [4.78, 5) is 16.7. The van der Waals surface area contributed by atoms with Gasteiger partial charge in [-0.1, -0.05) is 0 Å². The largest absolute Gasteiger partial charge is 0.331 e. The topological polar surface area (TPSA) is 32.3 Å². The van der Waals surface area contributed by atoms with Crippen LogP contribution in [0.3, 0.4) is 0 Å². The van der Waals surface area contributed by atoms with Crippen molar-refractivity contribution < 1.29 is 4.79 Å². The summed E-state index contributed by atoms with van der Waals surface area (Å²) in [6.45, 7) is 8.42. The third-order valence-electron chi connectivity index (χ3n) is 4.12. The van der Waals surface area contributed by atoms with Gasteiger partial charge in [0.1, 0.15) is 0 Å². The fourth-order valence-electron chi connectivity index (χ4n) is 2.52. The predicted molar refractivity (Wildman–Crippen MR) is 80.7 cm³/mol. The molecule has 0 aliphatic heterocycles. The number of carbonyl (C=O) groups excluding carboxylic acids is 1. The minimum Gasteiger partial charge on any atom is -0.331 e. The highest BCUT2D eigenvalue weighted by Gasteiger charge is 2.32. The van der Waals surface area contributed by atoms with Gasteiger partial charge in [0.25, 0.3) is 0 Å². The Morgan fingerprint density at radius 2 is 2.05 bits per heavy atom. The summed E-state index contributed by atoms with van der Waals surface area (Å²) in [6.07, 6.45) is 2.52. The molecule has 2 rings (SSSR count). The molecule has 2 amide bonds. The third-order valence-corrected chi connectivity index (χ3v) is 5.10. The van der Waals surface area contributed by atoms with Gasteiger partial charge in [-0.2, -0.15) is 0 Å². The Bertz CT molecular complexity index is 465. The molecular formula is C15H24N2OS. The number of hydrogen-bond donors (Lipinski definition) is 1. The van der Waals surface area contributed by atoms with E-state index in [1.807, 2.05) is 11.9 Å². The van der Waals surface area contributed by atoms with Crippen molar-refractivity contribution in [2.24, 2.45) is 5.92 Å². The molecule has 4 heteroatoms. The van der Waals surface area contributed by atoms with Crippen molar-refractivity contribution in [1.29, 1.82) is 0 Å². The SMILES string of the molecule is Cc1cc([C@@H](C)NC(=O)N(C)[C@H](C)C2CC2)c(C)s1. The Morgan fingerprint density at radius 3 is 2.53 bits per heavy atom. The molecule has 1 aliphatic rings. The summed E-state index contributed by atoms with van der Waals surface area (Å²) in [5.41, 5.74) is 1.24. The number of urea groups is 1. The van der Waals surface area contributed by atoms with E-state index in [4.69, 9.17) is 0 Å². The number of carbonyl (C=O) groups is 1. The number of nitrogens with zero attached hydrogens (tertiary/aromatic N) is 1. The van der Waals surface area contributed by atoms with Crippen molar-refractivity contribution in [3.05, 3.63) is 21.4 Å². The van der Waals surface area contributed by atoms with Crippen LogP contribution >= 0.6 is 11.3 Å². The molecule has 106 valence electrons. The molecular weight excluding hydrogens is 256 g/mol. The lowest BCUT2D eigenvalue weighted by molar-refractivity contribution is 0.185. The van der Waals surface area contributed by atoms with Gasteiger partial charge in [0, 0.05) is 22.8 Å². The first kappa shape index (κ1) is 14.4. The lowest BCUT2D eigenvalue weighted by Crippen LogP contribution is -2.44. The zero-order valence-corrected chi connectivity index (χ0v) is 13.3. The summed E-state index contributed by atoms with van der Waals surface area (Å²) in [5, 5.41) is 3.11. The molecule has 3 nitrogen and oxygen atoms in total. The van der Waals surface area contributed by atoms with E-state index in [1.54, 1.807) is 11.3 Å². The number of hydrogen-bond acceptors (Lipinski definition) is 2. The van der Waals surface area contributed by atoms with E-state index < -0.39 is 0 Å². The Labute approximate surface area is 120 Å². The van der Waals surface area contributed by atoms with E-state index in [-0.39, 0.29) is 12.1 Å². The highest BCUT2D eigenvalue weighted by Crippen LogP contribution is 2.34. The van der Waals surface area contributed by atoms with Crippen molar-refractivity contribution in [3.63, 3.8) is 0 Å². The second-order valence-electron chi connectivity index (χ2n) is 5.73. The number of amides is 2. The Morgan fingerprint density at radius 1 is 1.42 bits per heavy atom. The second-order valence-corrected chi connectivity index (χ2v) is 7.19. The van der Waals surface area contributed by atoms with E-state index in [0.29, 0.717) is 12.0 Å². The van der Waals surface area contributed by atoms with Crippen LogP contribution in [0, 0.1) is 19.8 Å². The molecule has 0 bridgehead atoms. The molecule has 2 atom stereocenters. The monoisotopic (exact) mass is 280 g/mol. The molecule has 1 fully saturated rings. The first-order valence-electron chi connectivity index (χ1n) is 7.00. The van der Waals surface area contributed by atoms with Crippen LogP contribution in [0.4, 0.5) is 4.79 Å². The molecule has 0 radical (unpaired) electrons. The van der Waals surface area contributed by atoms with E-state index in [2.05, 4.69) is 39.1 Å². The Hall–Kier alpha value is -1.03. The quantitative estimate of drug-likeness (QED) is 0.892. The maximum absolute atomic E-state index is 12.2. The first-order chi connectivity index (χ1) is 8.90. The van der Waals surface area contributed by atoms with Crippen molar-refractivity contribution in [1.82, 2.24) is 10.2 Å². The highest BCUT2D eigenvalue weighted by atomic mass is 32.1. The Kier molecular flexibility index (Phi) is 4.19. The minimum atomic E-state index is 0.0372. The first-order valence-corrected chi connectivity index (χ1v) is 7.82. The molecule has 0 saturated heterocycles. The number of nitrogens with one attached hydrogen (secondary N) is 1. The third kappa shape index (κ3) is 3.30. The van der Waals surface area contributed by atoms with Gasteiger partial charge in [0.2, 0.25) is 0 Å². The summed E-state index contributed by atoms with van der Waals surface area (Å²) in [6, 6.07) is 2.63. The van der Waals surface area contributed by atoms with Crippen LogP contribution in [0.15, 0.2) is 6.07 Å². The average Bonchev–Trinajstić information content (AvgIpc) is 3.13. The van der Waals surface area contributed by atoms with Crippen molar-refractivity contribution in [2.45, 2.75) is 52.6 Å². The zero-order valence-electron chi connectivity index (χ0n) is 12.5. The highest BCUT2D eigenvalue weighted by molar-refractivity contribution is 7.12. The van der Waals surface area contributed by atoms with Crippen LogP contribution in [0.25, 0.3) is 0 Å². The normalized spacial score (nSPS) is 17.9. The number of thiophene rings is 1. The fraction of sp³-hybridized carbons (Fsp3) is 0.667. The Balaban J connectivity index is 1.96. The molecule has 1 heterocycles. The van der Waals surface area contributed by atoms with Crippen molar-refractivity contribution >= 4 is 17.4 Å². The zero-order chi connectivity index (χ0) is 14.2. The van der Waals surface area contributed by atoms with Gasteiger partial charge in [-0.15, -0.1) is 11.3 Å². The van der Waals surface area contributed by atoms with Gasteiger partial charge in [-0.05, 0) is 58.1 Å². The van der Waals surface area contributed by atoms with Crippen molar-refractivity contribution in [2.75, 3.05) is 7.05 Å². The van der Waals surface area contributed by atoms with Gasteiger partial charge in [-0.3, -0.25) is 0 Å². The molecule has 1 aliphatic carbocycles. The molecule has 19 heavy (non-hydrogen) atoms. The van der Waals surface area contributed by atoms with E-state index in [0.717, 1.165) is 0 Å². The predicted octanol–water partition coefficient (Wildman–Crippen LogP) is 3.87. The summed E-state index contributed by atoms with van der Waals surface area (Å²) < 4.78 is 0. The maximum Gasteiger partial charge on any atom is 0.317 e. The molecule has 1 aromatic heterocycles. The van der Waals surface area contributed by atoms with Gasteiger partial charge >= 0.3 is 6.03 Å². The number of aryl methyl sites for hydroxylation is 2. The fourth-order valence-corrected chi connectivity index (χ4v) is 3.55. The minimum absolute atomic E-state index is 0.0372. The van der Waals surface area contributed by atoms with Crippen LogP contribution in [0.5, 0.6) is 0 Å². The summed E-state index contributed by atoms with van der Waals surface area (Å²) >= 11 is 1.79. The average molecular weight is 280 g/mol. The summed E-state index contributed by atoms with van der Waals surface area (Å²) in [7, 11) is 1.90. The van der Waals surface area contributed by atoms with E-state index >= 15 is 0 Å². The van der Waals surface area contributed by atoms with Gasteiger partial charge in [0.05, 0.1) is 6.04 Å². The molecule has 0 aromatic carbocycles. The van der Waals surface area contributed by atoms with Crippen LogP contribution in [-0.2, 0) is 0 Å². The maximum atomic E-state index is 12.2. The molecule has 1 N–H and O–H groups in total. The van der Waals surface area contributed by atoms with Gasteiger partial charge in [0.15, 0.2) is 0 Å². The van der Waals surface area contributed by atoms with Crippen LogP contribution < -0.4 is 5.32 Å². The molecule has 0 unspecified atom stereocenters. The molecule has 0 spiro atoms. The standard InChI is InChI=1S/C15H24N2OS/c1-9-8-14(12(4)19-9)10(2)16-15(18)17(5)11(3)13-6-7-13/h8,10-11,13H,6-7H2,1-5H3,(H,16,18)/t10-,11-/m1/s1. The van der Waals surface area contributed by atoms with E-state index in [9.17, 15) is 4.79 Å². The number of rotatable bonds is 4. The van der Waals surface area contributed by atoms with Crippen molar-refractivity contribution in [3.8, 4) is 0 Å². The van der Waals surface area contributed by atoms with E-state index in [1.165, 1.54) is 28.2 Å². The molecule has 1 saturated carbocycles. The lowest BCUT2D eigenvalue weighted by atomic mass is 10.1. The second kappa shape index (κ2) is 5.53. The van der Waals surface area contributed by atoms with Gasteiger partial charge in [-0.25, -0.2) is 4.79 Å². The van der Waals surface area contributed by atoms with Crippen LogP contribution in [0.2, 0.25) is 0 Å². The van der Waals surface area contributed by atoms with Crippen LogP contribution in [0.1, 0.15) is 48.0 Å².